The van der Waals surface area contributed by atoms with E-state index in [1.165, 1.54) is 19.2 Å². The summed E-state index contributed by atoms with van der Waals surface area (Å²) in [5, 5.41) is 37.3. The van der Waals surface area contributed by atoms with Crippen LogP contribution in [0.15, 0.2) is 18.2 Å². The van der Waals surface area contributed by atoms with Gasteiger partial charge >= 0.3 is 0 Å². The predicted octanol–water partition coefficient (Wildman–Crippen LogP) is 0.177. The van der Waals surface area contributed by atoms with Crippen molar-refractivity contribution in [3.05, 3.63) is 23.8 Å². The topological polar surface area (TPSA) is 90.2 Å². The molecule has 4 N–H and O–H groups in total. The third-order valence-electron chi connectivity index (χ3n) is 2.33. The van der Waals surface area contributed by atoms with Gasteiger partial charge in [-0.2, -0.15) is 0 Å². The summed E-state index contributed by atoms with van der Waals surface area (Å²) >= 11 is 0. The van der Waals surface area contributed by atoms with Crippen molar-refractivity contribution in [3.8, 4) is 11.5 Å². The highest BCUT2D eigenvalue weighted by molar-refractivity contribution is 5.42. The van der Waals surface area contributed by atoms with Gasteiger partial charge in [-0.25, -0.2) is 0 Å². The van der Waals surface area contributed by atoms with E-state index in [2.05, 4.69) is 0 Å². The van der Waals surface area contributed by atoms with Crippen LogP contribution in [0.4, 0.5) is 0 Å². The van der Waals surface area contributed by atoms with Crippen molar-refractivity contribution in [1.82, 2.24) is 0 Å². The fraction of sp³-hybridized carbons (Fsp3) is 0.455. The molecule has 2 atom stereocenters. The number of phenols is 1. The van der Waals surface area contributed by atoms with Gasteiger partial charge in [0.25, 0.3) is 0 Å². The van der Waals surface area contributed by atoms with Crippen molar-refractivity contribution in [3.63, 3.8) is 0 Å². The van der Waals surface area contributed by atoms with Gasteiger partial charge in [0.2, 0.25) is 0 Å². The van der Waals surface area contributed by atoms with Crippen molar-refractivity contribution in [2.45, 2.75) is 18.6 Å². The smallest absolute Gasteiger partial charge is 0.160 e. The highest BCUT2D eigenvalue weighted by Gasteiger charge is 2.18. The Hall–Kier alpha value is -1.30. The number of ether oxygens (including phenoxy) is 1. The van der Waals surface area contributed by atoms with Crippen LogP contribution in [0.2, 0.25) is 0 Å². The van der Waals surface area contributed by atoms with E-state index >= 15 is 0 Å². The minimum absolute atomic E-state index is 0.0773. The zero-order valence-electron chi connectivity index (χ0n) is 9.00. The van der Waals surface area contributed by atoms with Gasteiger partial charge in [0.15, 0.2) is 11.5 Å². The number of aliphatic hydroxyl groups excluding tert-OH is 3. The summed E-state index contributed by atoms with van der Waals surface area (Å²) in [7, 11) is 1.42. The lowest BCUT2D eigenvalue weighted by atomic mass is 10.0. The van der Waals surface area contributed by atoms with Gasteiger partial charge in [0, 0.05) is 6.61 Å². The highest BCUT2D eigenvalue weighted by Crippen LogP contribution is 2.30. The first-order valence-electron chi connectivity index (χ1n) is 4.94. The van der Waals surface area contributed by atoms with Gasteiger partial charge in [-0.15, -0.1) is 0 Å². The summed E-state index contributed by atoms with van der Waals surface area (Å²) in [5.41, 5.74) is 0.374. The van der Waals surface area contributed by atoms with Crippen LogP contribution >= 0.6 is 0 Å². The molecule has 0 radical (unpaired) electrons. The number of aliphatic hydroxyl groups is 3. The Kier molecular flexibility index (Phi) is 4.54. The van der Waals surface area contributed by atoms with Gasteiger partial charge in [0.05, 0.1) is 13.2 Å². The van der Waals surface area contributed by atoms with Crippen LogP contribution in [0.25, 0.3) is 0 Å². The Morgan fingerprint density at radius 3 is 2.50 bits per heavy atom. The molecule has 0 saturated heterocycles. The van der Waals surface area contributed by atoms with E-state index in [0.29, 0.717) is 11.3 Å². The second-order valence-electron chi connectivity index (χ2n) is 3.46. The number of phenolic OH excluding ortho intramolecular Hbond substituents is 1. The van der Waals surface area contributed by atoms with Gasteiger partial charge < -0.3 is 25.2 Å². The molecule has 0 fully saturated rings. The highest BCUT2D eigenvalue weighted by atomic mass is 16.5. The third-order valence-corrected chi connectivity index (χ3v) is 2.33. The van der Waals surface area contributed by atoms with Crippen molar-refractivity contribution in [2.24, 2.45) is 0 Å². The van der Waals surface area contributed by atoms with Crippen LogP contribution < -0.4 is 4.74 Å². The lowest BCUT2D eigenvalue weighted by Gasteiger charge is -2.17. The largest absolute Gasteiger partial charge is 0.504 e. The molecule has 1 aromatic rings. The van der Waals surface area contributed by atoms with Crippen LogP contribution in [0.1, 0.15) is 18.1 Å². The average Bonchev–Trinajstić information content (AvgIpc) is 2.28. The van der Waals surface area contributed by atoms with Gasteiger partial charge in [-0.1, -0.05) is 6.07 Å². The van der Waals surface area contributed by atoms with Crippen molar-refractivity contribution < 1.29 is 25.2 Å². The van der Waals surface area contributed by atoms with Gasteiger partial charge in [-0.05, 0) is 24.1 Å². The molecule has 1 aromatic carbocycles. The normalized spacial score (nSPS) is 14.5. The molecule has 1 rings (SSSR count). The zero-order chi connectivity index (χ0) is 12.1. The molecule has 0 aliphatic carbocycles. The predicted molar refractivity (Wildman–Crippen MR) is 57.3 cm³/mol. The first-order valence-corrected chi connectivity index (χ1v) is 4.94. The third kappa shape index (κ3) is 2.85. The first-order chi connectivity index (χ1) is 7.60. The van der Waals surface area contributed by atoms with E-state index in [1.54, 1.807) is 6.07 Å². The van der Waals surface area contributed by atoms with E-state index in [0.717, 1.165) is 0 Å². The lowest BCUT2D eigenvalue weighted by molar-refractivity contribution is 0.00410. The standard InChI is InChI=1S/C11H16O5/c1-16-10-3-2-7(6-9(10)14)11(15)8(13)4-5-12/h2-3,6,8,11-15H,4-5H2,1H3. The molecule has 0 aliphatic rings. The number of benzene rings is 1. The summed E-state index contributed by atoms with van der Waals surface area (Å²) in [5.74, 6) is 0.197. The number of rotatable bonds is 5. The first kappa shape index (κ1) is 12.8. The van der Waals surface area contributed by atoms with E-state index in [4.69, 9.17) is 9.84 Å². The molecule has 2 unspecified atom stereocenters. The number of methoxy groups -OCH3 is 1. The Morgan fingerprint density at radius 1 is 1.31 bits per heavy atom. The summed E-state index contributed by atoms with van der Waals surface area (Å²) in [6.45, 7) is -0.208. The minimum Gasteiger partial charge on any atom is -0.504 e. The average molecular weight is 228 g/mol. The Labute approximate surface area is 93.5 Å². The second-order valence-corrected chi connectivity index (χ2v) is 3.46. The molecule has 0 heterocycles. The number of hydrogen-bond acceptors (Lipinski definition) is 5. The number of aromatic hydroxyl groups is 1. The molecular weight excluding hydrogens is 212 g/mol. The summed E-state index contributed by atoms with van der Waals surface area (Å²) in [6.07, 6.45) is -2.12. The molecule has 0 aliphatic heterocycles. The van der Waals surface area contributed by atoms with E-state index in [-0.39, 0.29) is 18.8 Å². The Balaban J connectivity index is 2.84. The van der Waals surface area contributed by atoms with Crippen LogP contribution in [-0.4, -0.2) is 40.2 Å². The molecule has 0 saturated carbocycles. The molecule has 90 valence electrons. The van der Waals surface area contributed by atoms with Crippen molar-refractivity contribution >= 4 is 0 Å². The fourth-order valence-electron chi connectivity index (χ4n) is 1.40. The minimum atomic E-state index is -1.14. The Morgan fingerprint density at radius 2 is 2.00 bits per heavy atom. The maximum atomic E-state index is 9.70. The molecule has 0 bridgehead atoms. The molecular formula is C11H16O5. The van der Waals surface area contributed by atoms with Gasteiger partial charge in [0.1, 0.15) is 6.10 Å². The van der Waals surface area contributed by atoms with Crippen LogP contribution in [0.5, 0.6) is 11.5 Å². The lowest BCUT2D eigenvalue weighted by Crippen LogP contribution is -2.19. The fourth-order valence-corrected chi connectivity index (χ4v) is 1.40. The summed E-state index contributed by atoms with van der Waals surface area (Å²) < 4.78 is 4.85. The zero-order valence-corrected chi connectivity index (χ0v) is 9.00. The molecule has 0 amide bonds. The quantitative estimate of drug-likeness (QED) is 0.577. The second kappa shape index (κ2) is 5.69. The van der Waals surface area contributed by atoms with Crippen molar-refractivity contribution in [1.29, 1.82) is 0 Å². The molecule has 5 nitrogen and oxygen atoms in total. The maximum Gasteiger partial charge on any atom is 0.160 e. The molecule has 0 aromatic heterocycles. The van der Waals surface area contributed by atoms with E-state index in [1.807, 2.05) is 0 Å². The molecule has 5 heteroatoms. The maximum absolute atomic E-state index is 9.70. The molecule has 0 spiro atoms. The van der Waals surface area contributed by atoms with Crippen LogP contribution in [0.3, 0.4) is 0 Å². The van der Waals surface area contributed by atoms with E-state index in [9.17, 15) is 15.3 Å². The summed E-state index contributed by atoms with van der Waals surface area (Å²) in [4.78, 5) is 0. The molecule has 16 heavy (non-hydrogen) atoms. The SMILES string of the molecule is COc1ccc(C(O)C(O)CCO)cc1O. The van der Waals surface area contributed by atoms with Gasteiger partial charge in [-0.3, -0.25) is 0 Å². The van der Waals surface area contributed by atoms with Crippen LogP contribution in [-0.2, 0) is 0 Å². The van der Waals surface area contributed by atoms with Crippen LogP contribution in [0, 0.1) is 0 Å². The number of hydrogen-bond donors (Lipinski definition) is 4. The monoisotopic (exact) mass is 228 g/mol. The van der Waals surface area contributed by atoms with E-state index < -0.39 is 12.2 Å². The van der Waals surface area contributed by atoms with Crippen molar-refractivity contribution in [2.75, 3.05) is 13.7 Å². The Bertz CT molecular complexity index is 339. The summed E-state index contributed by atoms with van der Waals surface area (Å²) in [6, 6.07) is 4.37.